The van der Waals surface area contributed by atoms with Gasteiger partial charge in [0, 0.05) is 41.5 Å². The smallest absolute Gasteiger partial charge is 0.306 e. The highest BCUT2D eigenvalue weighted by atomic mass is 35.5. The second-order valence-electron chi connectivity index (χ2n) is 13.9. The van der Waals surface area contributed by atoms with Crippen LogP contribution in [0, 0.1) is 17.8 Å². The maximum atomic E-state index is 13.8. The summed E-state index contributed by atoms with van der Waals surface area (Å²) in [5.41, 5.74) is 2.40. The Balaban J connectivity index is 1.47. The highest BCUT2D eigenvalue weighted by Crippen LogP contribution is 2.50. The fourth-order valence-electron chi connectivity index (χ4n) is 8.17. The lowest BCUT2D eigenvalue weighted by atomic mass is 9.63. The predicted octanol–water partition coefficient (Wildman–Crippen LogP) is 6.04. The molecule has 2 bridgehead atoms. The summed E-state index contributed by atoms with van der Waals surface area (Å²) in [4.78, 5) is 28.2. The van der Waals surface area contributed by atoms with Gasteiger partial charge in [0.2, 0.25) is 0 Å². The minimum absolute atomic E-state index is 0.0185. The number of amides is 1. The van der Waals surface area contributed by atoms with Crippen LogP contribution >= 0.6 is 11.6 Å². The van der Waals surface area contributed by atoms with Gasteiger partial charge < -0.3 is 19.5 Å². The van der Waals surface area contributed by atoms with Crippen molar-refractivity contribution in [2.24, 2.45) is 17.8 Å². The molecule has 2 aliphatic carbocycles. The number of anilines is 1. The van der Waals surface area contributed by atoms with E-state index in [1.807, 2.05) is 44.2 Å². The van der Waals surface area contributed by atoms with E-state index >= 15 is 0 Å². The van der Waals surface area contributed by atoms with Crippen molar-refractivity contribution in [3.05, 3.63) is 70.3 Å². The molecule has 1 spiro atoms. The van der Waals surface area contributed by atoms with Crippen LogP contribution in [0.25, 0.3) is 0 Å². The Labute approximate surface area is 277 Å². The highest BCUT2D eigenvalue weighted by molar-refractivity contribution is 7.99. The van der Waals surface area contributed by atoms with Gasteiger partial charge in [0.25, 0.3) is 5.91 Å². The van der Waals surface area contributed by atoms with Crippen LogP contribution in [0.3, 0.4) is 0 Å². The standard InChI is InChI=1S/C36H45ClN2O6S/c1-23-7-5-16-36(44-3,19-33(40)41)30-12-9-27(30)20-39-21-35(15-6-8-25-17-28(37)11-13-29(25)35)22-45-32-14-10-26(18-31(32)39)34(42)38-46(4,43)24(23)2/h5,10-11,13-14,16-18,23-24,27,30H,4,6-9,12,15,19-22H2,1-3H3,(H,40,41)(H,38,42,43)/b16-5+/t23-,24+,27-,30+,35-,36-,46?/m0/s1. The Morgan fingerprint density at radius 1 is 1.24 bits per heavy atom. The first-order chi connectivity index (χ1) is 21.9. The van der Waals surface area contributed by atoms with Crippen molar-refractivity contribution in [2.75, 3.05) is 31.7 Å². The first-order valence-electron chi connectivity index (χ1n) is 16.3. The molecule has 8 nitrogen and oxygen atoms in total. The van der Waals surface area contributed by atoms with Crippen LogP contribution in [0.2, 0.25) is 5.02 Å². The number of carboxylic acids is 1. The fraction of sp³-hybridized carbons (Fsp3) is 0.528. The second kappa shape index (κ2) is 12.5. The van der Waals surface area contributed by atoms with Gasteiger partial charge in [-0.3, -0.25) is 14.3 Å². The number of rotatable bonds is 3. The van der Waals surface area contributed by atoms with Crippen LogP contribution < -0.4 is 14.4 Å². The predicted molar refractivity (Wildman–Crippen MR) is 184 cm³/mol. The third-order valence-electron chi connectivity index (χ3n) is 11.2. The summed E-state index contributed by atoms with van der Waals surface area (Å²) in [7, 11) is -1.41. The molecule has 0 aromatic heterocycles. The minimum Gasteiger partial charge on any atom is -0.490 e. The van der Waals surface area contributed by atoms with Gasteiger partial charge in [0.05, 0.1) is 34.0 Å². The normalized spacial score (nSPS) is 35.0. The second-order valence-corrected chi connectivity index (χ2v) is 16.8. The highest BCUT2D eigenvalue weighted by Gasteiger charge is 2.50. The number of nitrogens with one attached hydrogen (secondary N) is 1. The van der Waals surface area contributed by atoms with Crippen LogP contribution in [0.4, 0.5) is 5.69 Å². The number of ether oxygens (including phenoxy) is 2. The van der Waals surface area contributed by atoms with E-state index in [9.17, 15) is 18.9 Å². The van der Waals surface area contributed by atoms with Gasteiger partial charge in [0.15, 0.2) is 0 Å². The summed E-state index contributed by atoms with van der Waals surface area (Å²) in [5.74, 6) is 3.35. The molecular formula is C36H45ClN2O6S. The molecule has 0 saturated heterocycles. The van der Waals surface area contributed by atoms with Crippen molar-refractivity contribution in [3.8, 4) is 5.75 Å². The molecular weight excluding hydrogens is 624 g/mol. The molecule has 1 saturated carbocycles. The maximum absolute atomic E-state index is 13.8. The quantitative estimate of drug-likeness (QED) is 0.303. The van der Waals surface area contributed by atoms with Crippen molar-refractivity contribution < 1.29 is 28.4 Å². The third kappa shape index (κ3) is 6.06. The van der Waals surface area contributed by atoms with Crippen molar-refractivity contribution in [3.63, 3.8) is 0 Å². The van der Waals surface area contributed by atoms with E-state index in [1.54, 1.807) is 13.2 Å². The van der Waals surface area contributed by atoms with E-state index in [0.29, 0.717) is 37.4 Å². The molecule has 1 amide bonds. The zero-order chi connectivity index (χ0) is 32.9. The third-order valence-corrected chi connectivity index (χ3v) is 13.6. The summed E-state index contributed by atoms with van der Waals surface area (Å²) in [6.07, 6.45) is 8.98. The Morgan fingerprint density at radius 3 is 2.76 bits per heavy atom. The van der Waals surface area contributed by atoms with Crippen LogP contribution in [0.1, 0.15) is 73.9 Å². The van der Waals surface area contributed by atoms with Crippen molar-refractivity contribution >= 4 is 44.7 Å². The average molecular weight is 669 g/mol. The van der Waals surface area contributed by atoms with Crippen LogP contribution in [0.15, 0.2) is 48.6 Å². The van der Waals surface area contributed by atoms with Gasteiger partial charge in [-0.2, -0.15) is 0 Å². The van der Waals surface area contributed by atoms with Crippen molar-refractivity contribution in [1.82, 2.24) is 4.72 Å². The maximum Gasteiger partial charge on any atom is 0.306 e. The SMILES string of the molecule is C=S1(=O)NC(=O)c2ccc3c(c2)N(C[C@@H]2CC[C@H]2[C@](CC(=O)O)(OC)/C=C/C[C@H](C)[C@H]1C)C[C@@]1(CCCc2cc(Cl)ccc21)CO3. The number of carbonyl (C=O) groups is 2. The summed E-state index contributed by atoms with van der Waals surface area (Å²) < 4.78 is 29.3. The number of hydrogen-bond acceptors (Lipinski definition) is 6. The number of allylic oxidation sites excluding steroid dienone is 1. The Bertz CT molecular complexity index is 1660. The lowest BCUT2D eigenvalue weighted by Crippen LogP contribution is -2.53. The van der Waals surface area contributed by atoms with Crippen molar-refractivity contribution in [1.29, 1.82) is 0 Å². The summed E-state index contributed by atoms with van der Waals surface area (Å²) >= 11 is 6.43. The van der Waals surface area contributed by atoms with Gasteiger partial charge in [-0.1, -0.05) is 36.7 Å². The molecule has 4 aliphatic rings. The molecule has 2 aliphatic heterocycles. The van der Waals surface area contributed by atoms with E-state index in [1.165, 1.54) is 11.1 Å². The molecule has 1 unspecified atom stereocenters. The number of benzene rings is 2. The minimum atomic E-state index is -3.01. The van der Waals surface area contributed by atoms with Crippen LogP contribution in [-0.2, 0) is 31.1 Å². The number of nitrogens with zero attached hydrogens (tertiary/aromatic N) is 1. The first-order valence-corrected chi connectivity index (χ1v) is 18.5. The molecule has 2 aromatic rings. The molecule has 7 atom stereocenters. The number of aliphatic carboxylic acids is 1. The monoisotopic (exact) mass is 668 g/mol. The Hall–Kier alpha value is -3.01. The number of aryl methyl sites for hydroxylation is 1. The fourth-order valence-corrected chi connectivity index (χ4v) is 9.84. The molecule has 46 heavy (non-hydrogen) atoms. The molecule has 2 heterocycles. The number of halogens is 1. The number of carbonyl (C=O) groups excluding carboxylic acids is 1. The number of methoxy groups -OCH3 is 1. The average Bonchev–Trinajstić information content (AvgIpc) is 3.14. The Morgan fingerprint density at radius 2 is 2.04 bits per heavy atom. The number of fused-ring (bicyclic) bond motifs is 4. The Kier molecular flexibility index (Phi) is 8.98. The molecule has 0 radical (unpaired) electrons. The topological polar surface area (TPSA) is 105 Å². The lowest BCUT2D eigenvalue weighted by molar-refractivity contribution is -0.148. The van der Waals surface area contributed by atoms with Gasteiger partial charge in [-0.05, 0) is 111 Å². The van der Waals surface area contributed by atoms with E-state index < -0.39 is 32.4 Å². The van der Waals surface area contributed by atoms with Gasteiger partial charge in [-0.25, -0.2) is 4.21 Å². The van der Waals surface area contributed by atoms with E-state index in [-0.39, 0.29) is 29.6 Å². The molecule has 1 fully saturated rings. The van der Waals surface area contributed by atoms with Crippen molar-refractivity contribution in [2.45, 2.75) is 75.1 Å². The van der Waals surface area contributed by atoms with Crippen LogP contribution in [-0.4, -0.2) is 64.7 Å². The van der Waals surface area contributed by atoms with Gasteiger partial charge in [-0.15, -0.1) is 0 Å². The first kappa shape index (κ1) is 32.9. The van der Waals surface area contributed by atoms with Crippen LogP contribution in [0.5, 0.6) is 5.75 Å². The molecule has 6 rings (SSSR count). The molecule has 248 valence electrons. The summed E-state index contributed by atoms with van der Waals surface area (Å²) in [6, 6.07) is 11.6. The zero-order valence-corrected chi connectivity index (χ0v) is 28.5. The lowest BCUT2D eigenvalue weighted by Gasteiger charge is -2.50. The summed E-state index contributed by atoms with van der Waals surface area (Å²) in [5, 5.41) is 10.3. The van der Waals surface area contributed by atoms with E-state index in [0.717, 1.165) is 42.8 Å². The zero-order valence-electron chi connectivity index (χ0n) is 26.9. The summed E-state index contributed by atoms with van der Waals surface area (Å²) in [6.45, 7) is 5.60. The number of hydrogen-bond donors (Lipinski definition) is 2. The van der Waals surface area contributed by atoms with E-state index in [4.69, 9.17) is 21.1 Å². The molecule has 2 N–H and O–H groups in total. The van der Waals surface area contributed by atoms with Gasteiger partial charge >= 0.3 is 5.97 Å². The van der Waals surface area contributed by atoms with E-state index in [2.05, 4.69) is 27.6 Å². The largest absolute Gasteiger partial charge is 0.490 e. The van der Waals surface area contributed by atoms with Gasteiger partial charge in [0.1, 0.15) is 5.75 Å². The molecule has 2 aromatic carbocycles. The molecule has 10 heteroatoms. The number of carboxylic acid groups (broad SMARTS) is 1.